The van der Waals surface area contributed by atoms with Gasteiger partial charge in [0.05, 0.1) is 11.7 Å². The Balaban J connectivity index is 1.79. The Labute approximate surface area is 142 Å². The molecule has 0 spiro atoms. The number of benzene rings is 1. The molecule has 1 aromatic carbocycles. The minimum Gasteiger partial charge on any atom is -0.331 e. The Bertz CT molecular complexity index is 750. The van der Waals surface area contributed by atoms with Crippen LogP contribution < -0.4 is 10.6 Å². The molecule has 1 heterocycles. The van der Waals surface area contributed by atoms with Crippen molar-refractivity contribution in [1.82, 2.24) is 20.3 Å². The smallest absolute Gasteiger partial charge is 0.320 e. The minimum absolute atomic E-state index is 0.00400. The lowest BCUT2D eigenvalue weighted by atomic mass is 9.83. The Morgan fingerprint density at radius 1 is 1.33 bits per heavy atom. The molecule has 0 saturated heterocycles. The van der Waals surface area contributed by atoms with Crippen LogP contribution in [0.4, 0.5) is 10.6 Å². The van der Waals surface area contributed by atoms with Crippen LogP contribution in [-0.4, -0.2) is 21.0 Å². The third-order valence-electron chi connectivity index (χ3n) is 4.90. The first-order valence-corrected chi connectivity index (χ1v) is 8.37. The van der Waals surface area contributed by atoms with E-state index in [1.54, 1.807) is 11.7 Å². The first-order valence-electron chi connectivity index (χ1n) is 8.37. The van der Waals surface area contributed by atoms with E-state index in [0.717, 1.165) is 25.0 Å². The highest BCUT2D eigenvalue weighted by Gasteiger charge is 2.30. The van der Waals surface area contributed by atoms with Crippen molar-refractivity contribution in [3.8, 4) is 0 Å². The summed E-state index contributed by atoms with van der Waals surface area (Å²) in [5.41, 5.74) is 3.55. The first-order chi connectivity index (χ1) is 11.4. The second-order valence-electron chi connectivity index (χ2n) is 7.37. The molecule has 0 radical (unpaired) electrons. The summed E-state index contributed by atoms with van der Waals surface area (Å²) in [7, 11) is 1.80. The zero-order valence-corrected chi connectivity index (χ0v) is 14.8. The molecular weight excluding hydrogens is 302 g/mol. The Kier molecular flexibility index (Phi) is 4.30. The third-order valence-corrected chi connectivity index (χ3v) is 4.90. The quantitative estimate of drug-likeness (QED) is 0.831. The number of aryl methyl sites for hydroxylation is 2. The largest absolute Gasteiger partial charge is 0.331 e. The number of fused-ring (bicyclic) bond motifs is 1. The maximum atomic E-state index is 12.5. The Morgan fingerprint density at radius 2 is 2.08 bits per heavy atom. The molecule has 3 rings (SSSR count). The molecule has 1 aliphatic carbocycles. The average Bonchev–Trinajstić information content (AvgIpc) is 2.77. The number of urea groups is 1. The molecule has 0 saturated carbocycles. The summed E-state index contributed by atoms with van der Waals surface area (Å²) >= 11 is 0. The predicted molar refractivity (Wildman–Crippen MR) is 93.8 cm³/mol. The molecule has 128 valence electrons. The summed E-state index contributed by atoms with van der Waals surface area (Å²) < 4.78 is 1.64. The number of hydrogen-bond acceptors (Lipinski definition) is 3. The van der Waals surface area contributed by atoms with Gasteiger partial charge in [-0.2, -0.15) is 0 Å². The van der Waals surface area contributed by atoms with Gasteiger partial charge in [-0.1, -0.05) is 43.3 Å². The van der Waals surface area contributed by atoms with Crippen LogP contribution in [0.5, 0.6) is 0 Å². The molecule has 0 aliphatic heterocycles. The summed E-state index contributed by atoms with van der Waals surface area (Å²) in [6.07, 6.45) is 3.08. The third kappa shape index (κ3) is 3.42. The number of carbonyl (C=O) groups is 1. The van der Waals surface area contributed by atoms with Crippen molar-refractivity contribution in [2.75, 3.05) is 5.32 Å². The standard InChI is InChI=1S/C18H25N5O/c1-12-16(21-22-23(12)4)20-17(24)19-15-11-18(2,3)10-9-13-7-5-6-8-14(13)15/h5-8,15H,9-11H2,1-4H3,(H2,19,20,24)/t15-/m1/s1. The molecule has 0 unspecified atom stereocenters. The van der Waals surface area contributed by atoms with Crippen molar-refractivity contribution in [2.24, 2.45) is 12.5 Å². The molecule has 2 aromatic rings. The lowest BCUT2D eigenvalue weighted by Gasteiger charge is -2.27. The highest BCUT2D eigenvalue weighted by molar-refractivity contribution is 5.89. The predicted octanol–water partition coefficient (Wildman–Crippen LogP) is 3.35. The Morgan fingerprint density at radius 3 is 2.79 bits per heavy atom. The van der Waals surface area contributed by atoms with E-state index in [1.807, 2.05) is 13.0 Å². The number of aromatic nitrogens is 3. The van der Waals surface area contributed by atoms with E-state index in [1.165, 1.54) is 11.1 Å². The van der Waals surface area contributed by atoms with Crippen molar-refractivity contribution in [1.29, 1.82) is 0 Å². The SMILES string of the molecule is Cc1c(NC(=O)N[C@@H]2CC(C)(C)CCc3ccccc32)nnn1C. The number of carbonyl (C=O) groups excluding carboxylic acids is 1. The van der Waals surface area contributed by atoms with Gasteiger partial charge in [-0.25, -0.2) is 4.79 Å². The zero-order valence-electron chi connectivity index (χ0n) is 14.8. The fraction of sp³-hybridized carbons (Fsp3) is 0.500. The molecule has 1 aliphatic rings. The van der Waals surface area contributed by atoms with Gasteiger partial charge in [-0.3, -0.25) is 10.00 Å². The van der Waals surface area contributed by atoms with Crippen LogP contribution in [0.3, 0.4) is 0 Å². The fourth-order valence-corrected chi connectivity index (χ4v) is 3.29. The molecule has 24 heavy (non-hydrogen) atoms. The molecule has 6 heteroatoms. The van der Waals surface area contributed by atoms with Gasteiger partial charge < -0.3 is 5.32 Å². The van der Waals surface area contributed by atoms with Crippen LogP contribution in [0.15, 0.2) is 24.3 Å². The van der Waals surface area contributed by atoms with Gasteiger partial charge in [0.25, 0.3) is 0 Å². The number of amides is 2. The van der Waals surface area contributed by atoms with Gasteiger partial charge >= 0.3 is 6.03 Å². The van der Waals surface area contributed by atoms with Crippen molar-refractivity contribution < 1.29 is 4.79 Å². The van der Waals surface area contributed by atoms with Gasteiger partial charge in [-0.15, -0.1) is 5.10 Å². The number of nitrogens with zero attached hydrogens (tertiary/aromatic N) is 3. The van der Waals surface area contributed by atoms with Crippen molar-refractivity contribution >= 4 is 11.8 Å². The number of rotatable bonds is 2. The molecule has 1 atom stereocenters. The van der Waals surface area contributed by atoms with E-state index < -0.39 is 0 Å². The molecule has 1 aromatic heterocycles. The summed E-state index contributed by atoms with van der Waals surface area (Å²) in [5.74, 6) is 0.496. The summed E-state index contributed by atoms with van der Waals surface area (Å²) in [5, 5.41) is 13.8. The van der Waals surface area contributed by atoms with Crippen LogP contribution >= 0.6 is 0 Å². The summed E-state index contributed by atoms with van der Waals surface area (Å²) in [4.78, 5) is 12.5. The highest BCUT2D eigenvalue weighted by Crippen LogP contribution is 2.39. The zero-order chi connectivity index (χ0) is 17.3. The monoisotopic (exact) mass is 327 g/mol. The average molecular weight is 327 g/mol. The number of anilines is 1. The van der Waals surface area contributed by atoms with E-state index in [-0.39, 0.29) is 17.5 Å². The van der Waals surface area contributed by atoms with Crippen LogP contribution in [0, 0.1) is 12.3 Å². The maximum absolute atomic E-state index is 12.5. The lowest BCUT2D eigenvalue weighted by molar-refractivity contribution is 0.237. The topological polar surface area (TPSA) is 71.8 Å². The van der Waals surface area contributed by atoms with Crippen LogP contribution in [-0.2, 0) is 13.5 Å². The molecule has 2 N–H and O–H groups in total. The van der Waals surface area contributed by atoms with Gasteiger partial charge in [0.15, 0.2) is 5.82 Å². The van der Waals surface area contributed by atoms with Gasteiger partial charge in [-0.05, 0) is 42.7 Å². The minimum atomic E-state index is -0.240. The van der Waals surface area contributed by atoms with Crippen molar-refractivity contribution in [3.63, 3.8) is 0 Å². The van der Waals surface area contributed by atoms with E-state index in [4.69, 9.17) is 0 Å². The summed E-state index contributed by atoms with van der Waals surface area (Å²) in [6.45, 7) is 6.40. The normalized spacial score (nSPS) is 19.2. The van der Waals surface area contributed by atoms with Crippen LogP contribution in [0.25, 0.3) is 0 Å². The molecular formula is C18H25N5O. The second-order valence-corrected chi connectivity index (χ2v) is 7.37. The first kappa shape index (κ1) is 16.5. The van der Waals surface area contributed by atoms with E-state index in [9.17, 15) is 4.79 Å². The van der Waals surface area contributed by atoms with E-state index in [2.05, 4.69) is 53.0 Å². The maximum Gasteiger partial charge on any atom is 0.320 e. The van der Waals surface area contributed by atoms with Crippen LogP contribution in [0.1, 0.15) is 49.6 Å². The lowest BCUT2D eigenvalue weighted by Crippen LogP contribution is -2.34. The van der Waals surface area contributed by atoms with E-state index >= 15 is 0 Å². The molecule has 6 nitrogen and oxygen atoms in total. The molecule has 2 amide bonds. The summed E-state index contributed by atoms with van der Waals surface area (Å²) in [6, 6.07) is 8.14. The Hall–Kier alpha value is -2.37. The molecule has 0 fully saturated rings. The van der Waals surface area contributed by atoms with E-state index in [0.29, 0.717) is 5.82 Å². The van der Waals surface area contributed by atoms with Crippen LogP contribution in [0.2, 0.25) is 0 Å². The van der Waals surface area contributed by atoms with Gasteiger partial charge in [0.2, 0.25) is 0 Å². The van der Waals surface area contributed by atoms with Gasteiger partial charge in [0.1, 0.15) is 0 Å². The van der Waals surface area contributed by atoms with Crippen molar-refractivity contribution in [2.45, 2.75) is 46.1 Å². The second kappa shape index (κ2) is 6.26. The number of hydrogen-bond donors (Lipinski definition) is 2. The highest BCUT2D eigenvalue weighted by atomic mass is 16.2. The van der Waals surface area contributed by atoms with Crippen molar-refractivity contribution in [3.05, 3.63) is 41.1 Å². The van der Waals surface area contributed by atoms with Gasteiger partial charge in [0, 0.05) is 7.05 Å². The number of nitrogens with one attached hydrogen (secondary N) is 2. The fourth-order valence-electron chi connectivity index (χ4n) is 3.29. The molecule has 0 bridgehead atoms.